The quantitative estimate of drug-likeness (QED) is 0.598. The van der Waals surface area contributed by atoms with Crippen molar-refractivity contribution in [3.8, 4) is 5.75 Å². The highest BCUT2D eigenvalue weighted by Gasteiger charge is 2.31. The van der Waals surface area contributed by atoms with Gasteiger partial charge in [-0.1, -0.05) is 12.1 Å². The van der Waals surface area contributed by atoms with Crippen LogP contribution in [0, 0.1) is 5.92 Å². The summed E-state index contributed by atoms with van der Waals surface area (Å²) in [5.41, 5.74) is 3.12. The van der Waals surface area contributed by atoms with E-state index in [-0.39, 0.29) is 23.6 Å². The third-order valence-electron chi connectivity index (χ3n) is 7.34. The zero-order chi connectivity index (χ0) is 25.8. The molecular weight excluding hydrogens is 470 g/mol. The molecule has 2 aromatic rings. The second kappa shape index (κ2) is 11.2. The minimum atomic E-state index is -0.0103. The van der Waals surface area contributed by atoms with E-state index >= 15 is 0 Å². The Morgan fingerprint density at radius 3 is 2.27 bits per heavy atom. The minimum Gasteiger partial charge on any atom is -0.497 e. The molecule has 9 heteroatoms. The maximum absolute atomic E-state index is 13.1. The van der Waals surface area contributed by atoms with E-state index in [2.05, 4.69) is 15.5 Å². The fourth-order valence-corrected chi connectivity index (χ4v) is 4.90. The summed E-state index contributed by atoms with van der Waals surface area (Å²) in [5.74, 6) is 0.942. The van der Waals surface area contributed by atoms with Crippen molar-refractivity contribution >= 4 is 29.1 Å². The van der Waals surface area contributed by atoms with Gasteiger partial charge in [0.05, 0.1) is 24.9 Å². The number of benzene rings is 2. The molecule has 0 bridgehead atoms. The molecule has 3 aliphatic rings. The van der Waals surface area contributed by atoms with Gasteiger partial charge in [-0.25, -0.2) is 0 Å². The molecule has 0 spiro atoms. The van der Waals surface area contributed by atoms with Gasteiger partial charge in [-0.05, 0) is 48.7 Å². The van der Waals surface area contributed by atoms with Crippen LogP contribution in [-0.2, 0) is 16.0 Å². The molecular formula is C28H35N5O4. The van der Waals surface area contributed by atoms with Gasteiger partial charge in [-0.3, -0.25) is 14.4 Å². The summed E-state index contributed by atoms with van der Waals surface area (Å²) in [6, 6.07) is 13.2. The fraction of sp³-hybridized carbons (Fsp3) is 0.464. The number of hydrogen-bond acceptors (Lipinski definition) is 6. The average Bonchev–Trinajstić information content (AvgIpc) is 3.80. The highest BCUT2D eigenvalue weighted by molar-refractivity contribution is 6.01. The third-order valence-corrected chi connectivity index (χ3v) is 7.34. The van der Waals surface area contributed by atoms with Crippen molar-refractivity contribution in [1.82, 2.24) is 15.1 Å². The van der Waals surface area contributed by atoms with E-state index in [0.29, 0.717) is 56.9 Å². The van der Waals surface area contributed by atoms with Gasteiger partial charge in [0, 0.05) is 63.8 Å². The SMILES string of the molecule is COc1ccc(CC(=O)N2CCN(c3ccc(C(=O)N4CCNCC4)cc3NC(=O)C3CC3)CC2)cc1. The number of piperazine rings is 2. The summed E-state index contributed by atoms with van der Waals surface area (Å²) < 4.78 is 5.19. The van der Waals surface area contributed by atoms with E-state index in [1.54, 1.807) is 7.11 Å². The van der Waals surface area contributed by atoms with Crippen LogP contribution in [0.25, 0.3) is 0 Å². The van der Waals surface area contributed by atoms with Crippen LogP contribution in [0.1, 0.15) is 28.8 Å². The van der Waals surface area contributed by atoms with Crippen molar-refractivity contribution < 1.29 is 19.1 Å². The zero-order valence-corrected chi connectivity index (χ0v) is 21.4. The van der Waals surface area contributed by atoms with Crippen LogP contribution in [0.5, 0.6) is 5.75 Å². The number of carbonyl (C=O) groups is 3. The lowest BCUT2D eigenvalue weighted by atomic mass is 10.1. The highest BCUT2D eigenvalue weighted by atomic mass is 16.5. The fourth-order valence-electron chi connectivity index (χ4n) is 4.90. The number of amides is 3. The molecule has 37 heavy (non-hydrogen) atoms. The molecule has 2 aliphatic heterocycles. The van der Waals surface area contributed by atoms with Gasteiger partial charge in [0.25, 0.3) is 5.91 Å². The molecule has 2 N–H and O–H groups in total. The molecule has 1 aliphatic carbocycles. The van der Waals surface area contributed by atoms with Gasteiger partial charge in [-0.15, -0.1) is 0 Å². The summed E-state index contributed by atoms with van der Waals surface area (Å²) >= 11 is 0. The van der Waals surface area contributed by atoms with E-state index in [1.165, 1.54) is 0 Å². The first kappa shape index (κ1) is 25.1. The lowest BCUT2D eigenvalue weighted by Gasteiger charge is -2.37. The highest BCUT2D eigenvalue weighted by Crippen LogP contribution is 2.34. The van der Waals surface area contributed by atoms with Gasteiger partial charge in [0.1, 0.15) is 5.75 Å². The Labute approximate surface area is 217 Å². The summed E-state index contributed by atoms with van der Waals surface area (Å²) in [7, 11) is 1.63. The van der Waals surface area contributed by atoms with Crippen molar-refractivity contribution in [3.63, 3.8) is 0 Å². The third kappa shape index (κ3) is 6.05. The molecule has 196 valence electrons. The van der Waals surface area contributed by atoms with Crippen molar-refractivity contribution in [2.75, 3.05) is 69.7 Å². The Morgan fingerprint density at radius 1 is 0.919 bits per heavy atom. The van der Waals surface area contributed by atoms with Gasteiger partial charge < -0.3 is 30.1 Å². The summed E-state index contributed by atoms with van der Waals surface area (Å²) in [6.07, 6.45) is 2.18. The van der Waals surface area contributed by atoms with E-state index < -0.39 is 0 Å². The van der Waals surface area contributed by atoms with Crippen LogP contribution >= 0.6 is 0 Å². The van der Waals surface area contributed by atoms with Crippen LogP contribution in [0.2, 0.25) is 0 Å². The van der Waals surface area contributed by atoms with Gasteiger partial charge in [-0.2, -0.15) is 0 Å². The number of nitrogens with one attached hydrogen (secondary N) is 2. The van der Waals surface area contributed by atoms with Crippen LogP contribution in [0.4, 0.5) is 11.4 Å². The molecule has 3 fully saturated rings. The van der Waals surface area contributed by atoms with Crippen LogP contribution in [0.15, 0.2) is 42.5 Å². The second-order valence-corrected chi connectivity index (χ2v) is 9.93. The number of rotatable bonds is 7. The monoisotopic (exact) mass is 505 g/mol. The first-order valence-electron chi connectivity index (χ1n) is 13.1. The number of carbonyl (C=O) groups excluding carboxylic acids is 3. The number of ether oxygens (including phenoxy) is 1. The smallest absolute Gasteiger partial charge is 0.254 e. The number of nitrogens with zero attached hydrogens (tertiary/aromatic N) is 3. The van der Waals surface area contributed by atoms with Crippen molar-refractivity contribution in [2.24, 2.45) is 5.92 Å². The Hall–Kier alpha value is -3.59. The molecule has 9 nitrogen and oxygen atoms in total. The maximum Gasteiger partial charge on any atom is 0.254 e. The topological polar surface area (TPSA) is 94.2 Å². The molecule has 2 aromatic carbocycles. The molecule has 1 saturated carbocycles. The van der Waals surface area contributed by atoms with Crippen LogP contribution < -0.4 is 20.3 Å². The predicted molar refractivity (Wildman–Crippen MR) is 142 cm³/mol. The first-order chi connectivity index (χ1) is 18.0. The van der Waals surface area contributed by atoms with Crippen molar-refractivity contribution in [1.29, 1.82) is 0 Å². The van der Waals surface area contributed by atoms with E-state index in [9.17, 15) is 14.4 Å². The Balaban J connectivity index is 1.26. The number of hydrogen-bond donors (Lipinski definition) is 2. The first-order valence-corrected chi connectivity index (χ1v) is 13.1. The summed E-state index contributed by atoms with van der Waals surface area (Å²) in [4.78, 5) is 44.6. The minimum absolute atomic E-state index is 0.0103. The lowest BCUT2D eigenvalue weighted by molar-refractivity contribution is -0.130. The Kier molecular flexibility index (Phi) is 7.60. The molecule has 3 amide bonds. The zero-order valence-electron chi connectivity index (χ0n) is 21.4. The maximum atomic E-state index is 13.1. The van der Waals surface area contributed by atoms with Crippen LogP contribution in [0.3, 0.4) is 0 Å². The van der Waals surface area contributed by atoms with Gasteiger partial charge in [0.15, 0.2) is 0 Å². The van der Waals surface area contributed by atoms with Crippen LogP contribution in [-0.4, -0.2) is 87.0 Å². The Bertz CT molecular complexity index is 1130. The molecule has 5 rings (SSSR count). The van der Waals surface area contributed by atoms with E-state index in [0.717, 1.165) is 42.9 Å². The predicted octanol–water partition coefficient (Wildman–Crippen LogP) is 1.98. The normalized spacial score (nSPS) is 17.9. The van der Waals surface area contributed by atoms with Crippen molar-refractivity contribution in [3.05, 3.63) is 53.6 Å². The number of anilines is 2. The van der Waals surface area contributed by atoms with E-state index in [1.807, 2.05) is 52.3 Å². The standard InChI is InChI=1S/C28H35N5O4/c1-37-23-7-2-20(3-8-23)18-26(34)32-16-14-31(15-17-32)25-9-6-22(28(36)33-12-10-29-11-13-33)19-24(25)30-27(35)21-4-5-21/h2-3,6-9,19,21,29H,4-5,10-18H2,1H3,(H,30,35). The summed E-state index contributed by atoms with van der Waals surface area (Å²) in [5, 5.41) is 6.36. The molecule has 0 atom stereocenters. The Morgan fingerprint density at radius 2 is 1.62 bits per heavy atom. The number of methoxy groups -OCH3 is 1. The second-order valence-electron chi connectivity index (χ2n) is 9.93. The average molecular weight is 506 g/mol. The molecule has 2 heterocycles. The largest absolute Gasteiger partial charge is 0.497 e. The molecule has 2 saturated heterocycles. The summed E-state index contributed by atoms with van der Waals surface area (Å²) in [6.45, 7) is 5.46. The van der Waals surface area contributed by atoms with E-state index in [4.69, 9.17) is 4.74 Å². The van der Waals surface area contributed by atoms with Gasteiger partial charge in [0.2, 0.25) is 11.8 Å². The lowest BCUT2D eigenvalue weighted by Crippen LogP contribution is -2.49. The molecule has 0 radical (unpaired) electrons. The molecule has 0 unspecified atom stereocenters. The molecule has 0 aromatic heterocycles. The van der Waals surface area contributed by atoms with Crippen molar-refractivity contribution in [2.45, 2.75) is 19.3 Å². The van der Waals surface area contributed by atoms with Gasteiger partial charge >= 0.3 is 0 Å².